The number of halogens is 1. The highest BCUT2D eigenvalue weighted by Crippen LogP contribution is 2.06. The van der Waals surface area contributed by atoms with Gasteiger partial charge in [-0.3, -0.25) is 4.79 Å². The summed E-state index contributed by atoms with van der Waals surface area (Å²) in [4.78, 5) is 14.6. The molecule has 80 valence electrons. The Labute approximate surface area is 92.4 Å². The number of aromatic amines is 1. The Morgan fingerprint density at radius 3 is 2.56 bits per heavy atom. The summed E-state index contributed by atoms with van der Waals surface area (Å²) in [6, 6.07) is 9.19. The molecule has 1 N–H and O–H groups in total. The summed E-state index contributed by atoms with van der Waals surface area (Å²) in [5, 5.41) is 0. The van der Waals surface area contributed by atoms with Gasteiger partial charge in [-0.1, -0.05) is 0 Å². The summed E-state index contributed by atoms with van der Waals surface area (Å²) in [5.41, 5.74) is 1.33. The van der Waals surface area contributed by atoms with Crippen molar-refractivity contribution in [1.29, 1.82) is 0 Å². The number of benzene rings is 1. The van der Waals surface area contributed by atoms with Crippen molar-refractivity contribution >= 4 is 11.9 Å². The Kier molecular flexibility index (Phi) is 2.96. The minimum Gasteiger partial charge on any atom is -0.362 e. The van der Waals surface area contributed by atoms with E-state index in [1.165, 1.54) is 30.3 Å². The summed E-state index contributed by atoms with van der Waals surface area (Å²) in [6.07, 6.45) is 4.92. The van der Waals surface area contributed by atoms with Gasteiger partial charge >= 0.3 is 0 Å². The highest BCUT2D eigenvalue weighted by Gasteiger charge is 2.01. The van der Waals surface area contributed by atoms with E-state index in [0.29, 0.717) is 5.56 Å². The lowest BCUT2D eigenvalue weighted by Gasteiger charge is -1.94. The summed E-state index contributed by atoms with van der Waals surface area (Å²) in [6.45, 7) is 0. The number of hydrogen-bond acceptors (Lipinski definition) is 1. The van der Waals surface area contributed by atoms with Gasteiger partial charge in [0.25, 0.3) is 0 Å². The molecule has 2 rings (SSSR count). The first-order chi connectivity index (χ1) is 7.75. The third kappa shape index (κ3) is 2.45. The van der Waals surface area contributed by atoms with Crippen LogP contribution >= 0.6 is 0 Å². The highest BCUT2D eigenvalue weighted by atomic mass is 19.1. The Hall–Kier alpha value is -2.16. The van der Waals surface area contributed by atoms with Crippen molar-refractivity contribution < 1.29 is 9.18 Å². The quantitative estimate of drug-likeness (QED) is 0.619. The van der Waals surface area contributed by atoms with Crippen LogP contribution in [0.25, 0.3) is 6.08 Å². The molecule has 0 saturated carbocycles. The molecule has 0 aliphatic rings. The third-order valence-corrected chi connectivity index (χ3v) is 2.17. The van der Waals surface area contributed by atoms with Gasteiger partial charge in [-0.05, 0) is 48.6 Å². The molecule has 0 atom stereocenters. The van der Waals surface area contributed by atoms with Crippen LogP contribution in [0.4, 0.5) is 4.39 Å². The number of H-pyrrole nitrogens is 1. The predicted molar refractivity (Wildman–Crippen MR) is 60.6 cm³/mol. The molecule has 0 amide bonds. The van der Waals surface area contributed by atoms with Gasteiger partial charge in [0, 0.05) is 17.5 Å². The maximum atomic E-state index is 12.6. The maximum absolute atomic E-state index is 12.6. The van der Waals surface area contributed by atoms with Crippen molar-refractivity contribution in [3.8, 4) is 0 Å². The zero-order valence-electron chi connectivity index (χ0n) is 8.48. The van der Waals surface area contributed by atoms with E-state index < -0.39 is 0 Å². The smallest absolute Gasteiger partial charge is 0.185 e. The van der Waals surface area contributed by atoms with E-state index in [0.717, 1.165) is 5.69 Å². The fraction of sp³-hybridized carbons (Fsp3) is 0. The number of aromatic nitrogens is 1. The second-order valence-electron chi connectivity index (χ2n) is 3.33. The minimum atomic E-state index is -0.343. The monoisotopic (exact) mass is 215 g/mol. The molecule has 0 bridgehead atoms. The number of ketones is 1. The SMILES string of the molecule is O=C(/C=C/c1ccc[nH]1)c1ccc(F)cc1. The van der Waals surface area contributed by atoms with Crippen LogP contribution in [0.5, 0.6) is 0 Å². The molecule has 0 unspecified atom stereocenters. The van der Waals surface area contributed by atoms with Crippen LogP contribution in [-0.2, 0) is 0 Å². The van der Waals surface area contributed by atoms with Gasteiger partial charge in [0.15, 0.2) is 5.78 Å². The van der Waals surface area contributed by atoms with Crippen molar-refractivity contribution in [3.63, 3.8) is 0 Å². The fourth-order valence-electron chi connectivity index (χ4n) is 1.32. The van der Waals surface area contributed by atoms with Gasteiger partial charge in [0.1, 0.15) is 5.82 Å². The number of carbonyl (C=O) groups is 1. The van der Waals surface area contributed by atoms with Crippen molar-refractivity contribution in [2.45, 2.75) is 0 Å². The largest absolute Gasteiger partial charge is 0.362 e. The molecule has 0 spiro atoms. The van der Waals surface area contributed by atoms with E-state index in [2.05, 4.69) is 4.98 Å². The normalized spacial score (nSPS) is 10.8. The summed E-state index contributed by atoms with van der Waals surface area (Å²) < 4.78 is 12.6. The van der Waals surface area contributed by atoms with Crippen LogP contribution < -0.4 is 0 Å². The Morgan fingerprint density at radius 2 is 1.94 bits per heavy atom. The van der Waals surface area contributed by atoms with Crippen LogP contribution in [0.3, 0.4) is 0 Å². The Bertz CT molecular complexity index is 497. The molecular formula is C13H10FNO. The van der Waals surface area contributed by atoms with Gasteiger partial charge in [-0.2, -0.15) is 0 Å². The first kappa shape index (κ1) is 10.4. The molecule has 3 heteroatoms. The van der Waals surface area contributed by atoms with Gasteiger partial charge in [0.2, 0.25) is 0 Å². The molecule has 2 aromatic rings. The first-order valence-electron chi connectivity index (χ1n) is 4.87. The lowest BCUT2D eigenvalue weighted by atomic mass is 10.1. The summed E-state index contributed by atoms with van der Waals surface area (Å²) in [7, 11) is 0. The average Bonchev–Trinajstić information content (AvgIpc) is 2.80. The van der Waals surface area contributed by atoms with E-state index in [1.807, 2.05) is 12.1 Å². The standard InChI is InChI=1S/C13H10FNO/c14-11-5-3-10(4-6-11)13(16)8-7-12-2-1-9-15-12/h1-9,15H/b8-7+. The highest BCUT2D eigenvalue weighted by molar-refractivity contribution is 6.06. The molecule has 0 aliphatic heterocycles. The molecule has 16 heavy (non-hydrogen) atoms. The van der Waals surface area contributed by atoms with E-state index in [9.17, 15) is 9.18 Å². The number of nitrogens with one attached hydrogen (secondary N) is 1. The molecule has 0 fully saturated rings. The Morgan fingerprint density at radius 1 is 1.19 bits per heavy atom. The molecular weight excluding hydrogens is 205 g/mol. The van der Waals surface area contributed by atoms with E-state index in [1.54, 1.807) is 12.3 Å². The van der Waals surface area contributed by atoms with Crippen LogP contribution in [0, 0.1) is 5.82 Å². The lowest BCUT2D eigenvalue weighted by Crippen LogP contribution is -1.93. The number of carbonyl (C=O) groups excluding carboxylic acids is 1. The van der Waals surface area contributed by atoms with Gasteiger partial charge in [-0.25, -0.2) is 4.39 Å². The second-order valence-corrected chi connectivity index (χ2v) is 3.33. The van der Waals surface area contributed by atoms with Crippen molar-refractivity contribution in [1.82, 2.24) is 4.98 Å². The zero-order chi connectivity index (χ0) is 11.4. The van der Waals surface area contributed by atoms with E-state index in [4.69, 9.17) is 0 Å². The minimum absolute atomic E-state index is 0.144. The zero-order valence-corrected chi connectivity index (χ0v) is 8.48. The van der Waals surface area contributed by atoms with E-state index >= 15 is 0 Å². The molecule has 1 heterocycles. The van der Waals surface area contributed by atoms with Gasteiger partial charge in [0.05, 0.1) is 0 Å². The molecule has 0 aliphatic carbocycles. The van der Waals surface area contributed by atoms with Gasteiger partial charge in [-0.15, -0.1) is 0 Å². The maximum Gasteiger partial charge on any atom is 0.185 e. The fourth-order valence-corrected chi connectivity index (χ4v) is 1.32. The lowest BCUT2D eigenvalue weighted by molar-refractivity contribution is 0.104. The number of allylic oxidation sites excluding steroid dienone is 1. The molecule has 0 saturated heterocycles. The molecule has 1 aromatic carbocycles. The first-order valence-corrected chi connectivity index (χ1v) is 4.87. The van der Waals surface area contributed by atoms with Crippen molar-refractivity contribution in [3.05, 3.63) is 65.7 Å². The van der Waals surface area contributed by atoms with E-state index in [-0.39, 0.29) is 11.6 Å². The number of rotatable bonds is 3. The second kappa shape index (κ2) is 4.57. The summed E-state index contributed by atoms with van der Waals surface area (Å²) in [5.74, 6) is -0.487. The topological polar surface area (TPSA) is 32.9 Å². The predicted octanol–water partition coefficient (Wildman–Crippen LogP) is 3.05. The molecule has 0 radical (unpaired) electrons. The summed E-state index contributed by atoms with van der Waals surface area (Å²) >= 11 is 0. The average molecular weight is 215 g/mol. The van der Waals surface area contributed by atoms with Gasteiger partial charge < -0.3 is 4.98 Å². The number of hydrogen-bond donors (Lipinski definition) is 1. The van der Waals surface area contributed by atoms with Crippen LogP contribution in [-0.4, -0.2) is 10.8 Å². The van der Waals surface area contributed by atoms with Crippen molar-refractivity contribution in [2.24, 2.45) is 0 Å². The van der Waals surface area contributed by atoms with Crippen LogP contribution in [0.2, 0.25) is 0 Å². The third-order valence-electron chi connectivity index (χ3n) is 2.17. The Balaban J connectivity index is 2.11. The van der Waals surface area contributed by atoms with Crippen LogP contribution in [0.15, 0.2) is 48.7 Å². The molecule has 1 aromatic heterocycles. The van der Waals surface area contributed by atoms with Crippen molar-refractivity contribution in [2.75, 3.05) is 0 Å². The van der Waals surface area contributed by atoms with Crippen LogP contribution in [0.1, 0.15) is 16.1 Å². The molecule has 2 nitrogen and oxygen atoms in total.